The van der Waals surface area contributed by atoms with Crippen LogP contribution in [0.5, 0.6) is 5.75 Å². The van der Waals surface area contributed by atoms with Gasteiger partial charge in [-0.2, -0.15) is 0 Å². The van der Waals surface area contributed by atoms with E-state index >= 15 is 0 Å². The van der Waals surface area contributed by atoms with Crippen molar-refractivity contribution in [1.82, 2.24) is 0 Å². The van der Waals surface area contributed by atoms with Crippen LogP contribution in [0, 0.1) is 0 Å². The molecule has 27 heavy (non-hydrogen) atoms. The molecule has 0 unspecified atom stereocenters. The largest absolute Gasteiger partial charge is 0.508 e. The summed E-state index contributed by atoms with van der Waals surface area (Å²) in [7, 11) is 0. The predicted molar refractivity (Wildman–Crippen MR) is 101 cm³/mol. The molecule has 2 N–H and O–H groups in total. The Morgan fingerprint density at radius 1 is 1.00 bits per heavy atom. The summed E-state index contributed by atoms with van der Waals surface area (Å²) in [4.78, 5) is 24.9. The van der Waals surface area contributed by atoms with Gasteiger partial charge in [0.25, 0.3) is 5.91 Å². The zero-order valence-corrected chi connectivity index (χ0v) is 14.4. The monoisotopic (exact) mass is 359 g/mol. The van der Waals surface area contributed by atoms with Gasteiger partial charge < -0.3 is 15.2 Å². The van der Waals surface area contributed by atoms with Crippen molar-refractivity contribution in [2.24, 2.45) is 0 Å². The van der Waals surface area contributed by atoms with Gasteiger partial charge in [0.1, 0.15) is 11.9 Å². The van der Waals surface area contributed by atoms with Gasteiger partial charge in [-0.15, -0.1) is 0 Å². The third-order valence-electron chi connectivity index (χ3n) is 4.54. The summed E-state index contributed by atoms with van der Waals surface area (Å²) < 4.78 is 5.54. The molecule has 4 rings (SSSR count). The summed E-state index contributed by atoms with van der Waals surface area (Å²) in [5.41, 5.74) is 3.25. The van der Waals surface area contributed by atoms with E-state index in [0.29, 0.717) is 23.2 Å². The number of aromatic hydroxyl groups is 1. The number of phenolic OH excluding ortho intramolecular Hbond substituents is 1. The third kappa shape index (κ3) is 3.53. The van der Waals surface area contributed by atoms with Crippen LogP contribution in [0.1, 0.15) is 37.9 Å². The Kier molecular flexibility index (Phi) is 4.34. The Labute approximate surface area is 156 Å². The van der Waals surface area contributed by atoms with E-state index < -0.39 is 0 Å². The molecule has 0 radical (unpaired) electrons. The van der Waals surface area contributed by atoms with Gasteiger partial charge >= 0.3 is 5.97 Å². The van der Waals surface area contributed by atoms with Crippen molar-refractivity contribution in [3.8, 4) is 5.75 Å². The number of rotatable bonds is 3. The fourth-order valence-electron chi connectivity index (χ4n) is 3.14. The second kappa shape index (κ2) is 6.96. The molecule has 134 valence electrons. The molecule has 0 aliphatic carbocycles. The summed E-state index contributed by atoms with van der Waals surface area (Å²) >= 11 is 0. The lowest BCUT2D eigenvalue weighted by Crippen LogP contribution is -2.23. The van der Waals surface area contributed by atoms with Crippen molar-refractivity contribution in [2.45, 2.75) is 12.5 Å². The summed E-state index contributed by atoms with van der Waals surface area (Å²) in [6.45, 7) is 0. The first-order valence-electron chi connectivity index (χ1n) is 8.59. The number of fused-ring (bicyclic) bond motifs is 1. The van der Waals surface area contributed by atoms with E-state index in [1.807, 2.05) is 30.3 Å². The highest BCUT2D eigenvalue weighted by Crippen LogP contribution is 2.31. The smallest absolute Gasteiger partial charge is 0.339 e. The first-order valence-corrected chi connectivity index (χ1v) is 8.59. The number of ether oxygens (including phenoxy) is 1. The van der Waals surface area contributed by atoms with E-state index in [4.69, 9.17) is 4.74 Å². The molecule has 0 aromatic heterocycles. The summed E-state index contributed by atoms with van der Waals surface area (Å²) in [5, 5.41) is 12.1. The maximum Gasteiger partial charge on any atom is 0.339 e. The number of anilines is 1. The van der Waals surface area contributed by atoms with Crippen molar-refractivity contribution in [2.75, 3.05) is 5.32 Å². The maximum absolute atomic E-state index is 12.5. The topological polar surface area (TPSA) is 75.6 Å². The van der Waals surface area contributed by atoms with Crippen molar-refractivity contribution < 1.29 is 19.4 Å². The Balaban J connectivity index is 1.58. The molecule has 1 aliphatic rings. The van der Waals surface area contributed by atoms with Gasteiger partial charge in [-0.1, -0.05) is 30.3 Å². The molecule has 5 nitrogen and oxygen atoms in total. The van der Waals surface area contributed by atoms with Crippen LogP contribution in [0.3, 0.4) is 0 Å². The SMILES string of the molecule is O=C(Nc1ccc(O)cc1)c1ccc2c(c1)C[C@H](c1ccccc1)OC2=O. The molecule has 0 bridgehead atoms. The second-order valence-corrected chi connectivity index (χ2v) is 6.38. The van der Waals surface area contributed by atoms with E-state index in [9.17, 15) is 14.7 Å². The normalized spacial score (nSPS) is 15.6. The standard InChI is InChI=1S/C22H17NO4/c24-18-9-7-17(8-10-18)23-21(25)15-6-11-19-16(12-15)13-20(27-22(19)26)14-4-2-1-3-5-14/h1-12,20,24H,13H2,(H,23,25)/t20-/m1/s1. The van der Waals surface area contributed by atoms with Crippen molar-refractivity contribution in [1.29, 1.82) is 0 Å². The molecule has 0 saturated heterocycles. The van der Waals surface area contributed by atoms with E-state index in [0.717, 1.165) is 11.1 Å². The molecule has 0 spiro atoms. The molecular weight excluding hydrogens is 342 g/mol. The fraction of sp³-hybridized carbons (Fsp3) is 0.0909. The van der Waals surface area contributed by atoms with Crippen molar-refractivity contribution in [3.63, 3.8) is 0 Å². The number of hydrogen-bond donors (Lipinski definition) is 2. The van der Waals surface area contributed by atoms with Crippen molar-refractivity contribution >= 4 is 17.6 Å². The number of phenols is 1. The molecule has 1 atom stereocenters. The molecule has 1 heterocycles. The molecule has 1 amide bonds. The maximum atomic E-state index is 12.5. The highest BCUT2D eigenvalue weighted by atomic mass is 16.5. The summed E-state index contributed by atoms with van der Waals surface area (Å²) in [6, 6.07) is 20.8. The van der Waals surface area contributed by atoms with Crippen LogP contribution >= 0.6 is 0 Å². The van der Waals surface area contributed by atoms with E-state index in [1.54, 1.807) is 30.3 Å². The number of esters is 1. The van der Waals surface area contributed by atoms with Gasteiger partial charge in [-0.05, 0) is 53.6 Å². The third-order valence-corrected chi connectivity index (χ3v) is 4.54. The quantitative estimate of drug-likeness (QED) is 0.545. The Morgan fingerprint density at radius 2 is 1.74 bits per heavy atom. The van der Waals surface area contributed by atoms with E-state index in [1.165, 1.54) is 12.1 Å². The molecule has 5 heteroatoms. The minimum absolute atomic E-state index is 0.132. The molecule has 1 aliphatic heterocycles. The predicted octanol–water partition coefficient (Wildman–Crippen LogP) is 4.10. The summed E-state index contributed by atoms with van der Waals surface area (Å²) in [5.74, 6) is -0.526. The number of hydrogen-bond acceptors (Lipinski definition) is 4. The van der Waals surface area contributed by atoms with Crippen LogP contribution in [-0.4, -0.2) is 17.0 Å². The van der Waals surface area contributed by atoms with Gasteiger partial charge in [-0.25, -0.2) is 4.79 Å². The highest BCUT2D eigenvalue weighted by Gasteiger charge is 2.28. The summed E-state index contributed by atoms with van der Waals surface area (Å²) in [6.07, 6.45) is 0.160. The van der Waals surface area contributed by atoms with Gasteiger partial charge in [0.15, 0.2) is 0 Å². The van der Waals surface area contributed by atoms with E-state index in [-0.39, 0.29) is 23.7 Å². The zero-order chi connectivity index (χ0) is 18.8. The Hall–Kier alpha value is -3.60. The van der Waals surface area contributed by atoms with Crippen LogP contribution in [-0.2, 0) is 11.2 Å². The zero-order valence-electron chi connectivity index (χ0n) is 14.4. The number of cyclic esters (lactones) is 1. The number of carbonyl (C=O) groups is 2. The minimum Gasteiger partial charge on any atom is -0.508 e. The van der Waals surface area contributed by atoms with Crippen LogP contribution in [0.25, 0.3) is 0 Å². The van der Waals surface area contributed by atoms with Gasteiger partial charge in [0.2, 0.25) is 0 Å². The van der Waals surface area contributed by atoms with Gasteiger partial charge in [-0.3, -0.25) is 4.79 Å². The number of benzene rings is 3. The number of amides is 1. The average molecular weight is 359 g/mol. The second-order valence-electron chi connectivity index (χ2n) is 6.38. The first kappa shape index (κ1) is 16.8. The lowest BCUT2D eigenvalue weighted by atomic mass is 9.93. The first-order chi connectivity index (χ1) is 13.1. The molecular formula is C22H17NO4. The van der Waals surface area contributed by atoms with Crippen LogP contribution < -0.4 is 5.32 Å². The fourth-order valence-corrected chi connectivity index (χ4v) is 3.14. The Morgan fingerprint density at radius 3 is 2.48 bits per heavy atom. The van der Waals surface area contributed by atoms with Crippen molar-refractivity contribution in [3.05, 3.63) is 95.1 Å². The molecule has 3 aromatic carbocycles. The van der Waals surface area contributed by atoms with Gasteiger partial charge in [0.05, 0.1) is 5.56 Å². The minimum atomic E-state index is -0.379. The average Bonchev–Trinajstić information content (AvgIpc) is 2.70. The van der Waals surface area contributed by atoms with Crippen LogP contribution in [0.4, 0.5) is 5.69 Å². The van der Waals surface area contributed by atoms with Gasteiger partial charge in [0, 0.05) is 17.7 Å². The lowest BCUT2D eigenvalue weighted by molar-refractivity contribution is 0.0252. The van der Waals surface area contributed by atoms with Crippen LogP contribution in [0.15, 0.2) is 72.8 Å². The molecule has 0 saturated carbocycles. The molecule has 3 aromatic rings. The van der Waals surface area contributed by atoms with Crippen LogP contribution in [0.2, 0.25) is 0 Å². The molecule has 0 fully saturated rings. The lowest BCUT2D eigenvalue weighted by Gasteiger charge is -2.25. The Bertz CT molecular complexity index is 997. The highest BCUT2D eigenvalue weighted by molar-refractivity contribution is 6.05. The number of nitrogens with one attached hydrogen (secondary N) is 1. The number of carbonyl (C=O) groups excluding carboxylic acids is 2. The van der Waals surface area contributed by atoms with E-state index in [2.05, 4.69) is 5.32 Å².